The molecule has 0 spiro atoms. The van der Waals surface area contributed by atoms with Gasteiger partial charge in [0.2, 0.25) is 11.8 Å². The van der Waals surface area contributed by atoms with Crippen molar-refractivity contribution in [3.05, 3.63) is 65.2 Å². The molecule has 2 aromatic rings. The van der Waals surface area contributed by atoms with E-state index in [4.69, 9.17) is 4.74 Å². The number of carbonyl (C=O) groups is 2. The summed E-state index contributed by atoms with van der Waals surface area (Å²) >= 11 is 0. The lowest BCUT2D eigenvalue weighted by atomic mass is 10.1. The van der Waals surface area contributed by atoms with E-state index in [1.54, 1.807) is 18.9 Å². The number of methoxy groups -OCH3 is 1. The number of amides is 2. The Morgan fingerprint density at radius 1 is 1.04 bits per heavy atom. The number of aryl methyl sites for hydroxylation is 1. The van der Waals surface area contributed by atoms with E-state index in [-0.39, 0.29) is 18.2 Å². The van der Waals surface area contributed by atoms with Crippen molar-refractivity contribution in [3.8, 4) is 5.75 Å². The lowest BCUT2D eigenvalue weighted by Crippen LogP contribution is -2.48. The molecule has 1 unspecified atom stereocenters. The molecule has 0 aliphatic rings. The predicted octanol–water partition coefficient (Wildman–Crippen LogP) is 3.49. The summed E-state index contributed by atoms with van der Waals surface area (Å²) in [5.74, 6) is 0.557. The Hall–Kier alpha value is -2.82. The Kier molecular flexibility index (Phi) is 8.05. The fourth-order valence-corrected chi connectivity index (χ4v) is 2.89. The highest BCUT2D eigenvalue weighted by Gasteiger charge is 2.26. The highest BCUT2D eigenvalue weighted by molar-refractivity contribution is 5.88. The summed E-state index contributed by atoms with van der Waals surface area (Å²) in [6, 6.07) is 14.9. The number of hydrogen-bond acceptors (Lipinski definition) is 3. The molecule has 0 radical (unpaired) electrons. The molecule has 1 N–H and O–H groups in total. The number of benzene rings is 2. The van der Waals surface area contributed by atoms with Crippen LogP contribution < -0.4 is 10.1 Å². The Labute approximate surface area is 167 Å². The van der Waals surface area contributed by atoms with Gasteiger partial charge in [-0.1, -0.05) is 48.9 Å². The molecular formula is C23H30N2O3. The minimum absolute atomic E-state index is 0.0705. The standard InChI is InChI=1S/C23H30N2O3/c1-5-14-24-23(27)18(3)25(16-20-10-12-21(28-4)13-11-20)22(26)15-19-8-6-17(2)7-9-19/h6-13,18H,5,14-16H2,1-4H3,(H,24,27). The third kappa shape index (κ3) is 6.12. The molecule has 0 fully saturated rings. The molecule has 5 heteroatoms. The highest BCUT2D eigenvalue weighted by atomic mass is 16.5. The first-order valence-corrected chi connectivity index (χ1v) is 9.70. The van der Waals surface area contributed by atoms with Crippen molar-refractivity contribution in [2.24, 2.45) is 0 Å². The molecule has 2 aromatic carbocycles. The zero-order chi connectivity index (χ0) is 20.5. The highest BCUT2D eigenvalue weighted by Crippen LogP contribution is 2.16. The van der Waals surface area contributed by atoms with E-state index in [1.807, 2.05) is 62.4 Å². The summed E-state index contributed by atoms with van der Waals surface area (Å²) in [6.07, 6.45) is 1.12. The molecule has 0 aliphatic carbocycles. The number of nitrogens with zero attached hydrogens (tertiary/aromatic N) is 1. The molecule has 5 nitrogen and oxygen atoms in total. The van der Waals surface area contributed by atoms with Gasteiger partial charge in [0, 0.05) is 13.1 Å². The minimum atomic E-state index is -0.549. The van der Waals surface area contributed by atoms with Gasteiger partial charge in [-0.15, -0.1) is 0 Å². The van der Waals surface area contributed by atoms with Crippen LogP contribution in [0.2, 0.25) is 0 Å². The summed E-state index contributed by atoms with van der Waals surface area (Å²) in [5.41, 5.74) is 3.04. The zero-order valence-electron chi connectivity index (χ0n) is 17.2. The molecule has 0 aliphatic heterocycles. The Balaban J connectivity index is 2.18. The first-order chi connectivity index (χ1) is 13.4. The maximum Gasteiger partial charge on any atom is 0.242 e. The number of ether oxygens (including phenoxy) is 1. The minimum Gasteiger partial charge on any atom is -0.497 e. The monoisotopic (exact) mass is 382 g/mol. The molecule has 2 rings (SSSR count). The third-order valence-corrected chi connectivity index (χ3v) is 4.70. The maximum absolute atomic E-state index is 13.1. The quantitative estimate of drug-likeness (QED) is 0.722. The Bertz CT molecular complexity index is 769. The SMILES string of the molecule is CCCNC(=O)C(C)N(Cc1ccc(OC)cc1)C(=O)Cc1ccc(C)cc1. The van der Waals surface area contributed by atoms with Gasteiger partial charge in [0.1, 0.15) is 11.8 Å². The van der Waals surface area contributed by atoms with E-state index in [0.717, 1.165) is 28.9 Å². The van der Waals surface area contributed by atoms with Gasteiger partial charge in [-0.25, -0.2) is 0 Å². The fourth-order valence-electron chi connectivity index (χ4n) is 2.89. The van der Waals surface area contributed by atoms with Crippen LogP contribution in [0, 0.1) is 6.92 Å². The van der Waals surface area contributed by atoms with E-state index >= 15 is 0 Å². The first kappa shape index (κ1) is 21.5. The van der Waals surface area contributed by atoms with E-state index in [1.165, 1.54) is 0 Å². The van der Waals surface area contributed by atoms with Crippen LogP contribution in [0.15, 0.2) is 48.5 Å². The van der Waals surface area contributed by atoms with Gasteiger partial charge in [0.15, 0.2) is 0 Å². The van der Waals surface area contributed by atoms with Gasteiger partial charge < -0.3 is 15.0 Å². The second-order valence-electron chi connectivity index (χ2n) is 7.00. The Morgan fingerprint density at radius 2 is 1.64 bits per heavy atom. The van der Waals surface area contributed by atoms with Gasteiger partial charge in [-0.05, 0) is 43.5 Å². The van der Waals surface area contributed by atoms with Crippen LogP contribution in [0.25, 0.3) is 0 Å². The topological polar surface area (TPSA) is 58.6 Å². The van der Waals surface area contributed by atoms with Gasteiger partial charge in [0.05, 0.1) is 13.5 Å². The lowest BCUT2D eigenvalue weighted by molar-refractivity contribution is -0.140. The number of nitrogens with one attached hydrogen (secondary N) is 1. The normalized spacial score (nSPS) is 11.6. The molecule has 28 heavy (non-hydrogen) atoms. The molecule has 0 saturated carbocycles. The number of rotatable bonds is 9. The lowest BCUT2D eigenvalue weighted by Gasteiger charge is -2.29. The van der Waals surface area contributed by atoms with Crippen molar-refractivity contribution < 1.29 is 14.3 Å². The summed E-state index contributed by atoms with van der Waals surface area (Å²) in [7, 11) is 1.62. The van der Waals surface area contributed by atoms with Gasteiger partial charge in [0.25, 0.3) is 0 Å². The molecular weight excluding hydrogens is 352 g/mol. The molecule has 0 saturated heterocycles. The van der Waals surface area contributed by atoms with E-state index in [0.29, 0.717) is 13.1 Å². The summed E-state index contributed by atoms with van der Waals surface area (Å²) in [6.45, 7) is 6.77. The van der Waals surface area contributed by atoms with Crippen molar-refractivity contribution in [1.29, 1.82) is 0 Å². The van der Waals surface area contributed by atoms with Gasteiger partial charge in [-0.3, -0.25) is 9.59 Å². The summed E-state index contributed by atoms with van der Waals surface area (Å²) in [5, 5.41) is 2.89. The van der Waals surface area contributed by atoms with Gasteiger partial charge in [-0.2, -0.15) is 0 Å². The summed E-state index contributed by atoms with van der Waals surface area (Å²) in [4.78, 5) is 27.2. The van der Waals surface area contributed by atoms with Gasteiger partial charge >= 0.3 is 0 Å². The maximum atomic E-state index is 13.1. The molecule has 150 valence electrons. The smallest absolute Gasteiger partial charge is 0.242 e. The van der Waals surface area contributed by atoms with Crippen LogP contribution in [0.5, 0.6) is 5.75 Å². The summed E-state index contributed by atoms with van der Waals surface area (Å²) < 4.78 is 5.20. The largest absolute Gasteiger partial charge is 0.497 e. The van der Waals surface area contributed by atoms with Crippen molar-refractivity contribution >= 4 is 11.8 Å². The molecule has 1 atom stereocenters. The van der Waals surface area contributed by atoms with E-state index in [9.17, 15) is 9.59 Å². The molecule has 0 bridgehead atoms. The zero-order valence-corrected chi connectivity index (χ0v) is 17.2. The molecule has 0 aromatic heterocycles. The van der Waals surface area contributed by atoms with E-state index < -0.39 is 6.04 Å². The van der Waals surface area contributed by atoms with Crippen LogP contribution in [-0.4, -0.2) is 36.4 Å². The second-order valence-corrected chi connectivity index (χ2v) is 7.00. The fraction of sp³-hybridized carbons (Fsp3) is 0.391. The molecule has 2 amide bonds. The second kappa shape index (κ2) is 10.5. The average molecular weight is 383 g/mol. The van der Waals surface area contributed by atoms with Crippen molar-refractivity contribution in [2.45, 2.75) is 46.2 Å². The number of hydrogen-bond donors (Lipinski definition) is 1. The third-order valence-electron chi connectivity index (χ3n) is 4.70. The van der Waals surface area contributed by atoms with Crippen LogP contribution >= 0.6 is 0 Å². The van der Waals surface area contributed by atoms with Crippen molar-refractivity contribution in [1.82, 2.24) is 10.2 Å². The van der Waals surface area contributed by atoms with Crippen molar-refractivity contribution in [3.63, 3.8) is 0 Å². The van der Waals surface area contributed by atoms with Crippen LogP contribution in [-0.2, 0) is 22.6 Å². The predicted molar refractivity (Wildman–Crippen MR) is 111 cm³/mol. The average Bonchev–Trinajstić information content (AvgIpc) is 2.71. The Morgan fingerprint density at radius 3 is 2.21 bits per heavy atom. The van der Waals surface area contributed by atoms with Crippen LogP contribution in [0.4, 0.5) is 0 Å². The molecule has 0 heterocycles. The number of carbonyl (C=O) groups excluding carboxylic acids is 2. The van der Waals surface area contributed by atoms with Crippen LogP contribution in [0.3, 0.4) is 0 Å². The first-order valence-electron chi connectivity index (χ1n) is 9.70. The van der Waals surface area contributed by atoms with E-state index in [2.05, 4.69) is 5.32 Å². The van der Waals surface area contributed by atoms with Crippen molar-refractivity contribution in [2.75, 3.05) is 13.7 Å². The van der Waals surface area contributed by atoms with Crippen LogP contribution in [0.1, 0.15) is 37.0 Å².